The lowest BCUT2D eigenvalue weighted by Gasteiger charge is -2.22. The van der Waals surface area contributed by atoms with Gasteiger partial charge in [-0.1, -0.05) is 13.8 Å². The molecule has 3 atom stereocenters. The van der Waals surface area contributed by atoms with Crippen molar-refractivity contribution in [3.8, 4) is 0 Å². The van der Waals surface area contributed by atoms with Crippen molar-refractivity contribution in [1.29, 1.82) is 0 Å². The first kappa shape index (κ1) is 19.0. The first-order valence-electron chi connectivity index (χ1n) is 9.29. The summed E-state index contributed by atoms with van der Waals surface area (Å²) in [6.07, 6.45) is 2.26. The molecule has 7 heteroatoms. The molecule has 26 heavy (non-hydrogen) atoms. The first-order chi connectivity index (χ1) is 12.4. The van der Waals surface area contributed by atoms with Crippen molar-refractivity contribution in [2.45, 2.75) is 65.1 Å². The summed E-state index contributed by atoms with van der Waals surface area (Å²) >= 11 is 1.65. The van der Waals surface area contributed by atoms with Gasteiger partial charge in [0, 0.05) is 30.1 Å². The Hall–Kier alpha value is -1.73. The van der Waals surface area contributed by atoms with Gasteiger partial charge in [0.05, 0.1) is 28.4 Å². The minimum atomic E-state index is -0.242. The van der Waals surface area contributed by atoms with E-state index in [0.29, 0.717) is 12.5 Å². The Kier molecular flexibility index (Phi) is 5.77. The van der Waals surface area contributed by atoms with Gasteiger partial charge in [-0.3, -0.25) is 9.48 Å². The Morgan fingerprint density at radius 2 is 2.12 bits per heavy atom. The van der Waals surface area contributed by atoms with Crippen LogP contribution in [-0.4, -0.2) is 27.3 Å². The largest absolute Gasteiger partial charge is 0.371 e. The van der Waals surface area contributed by atoms with E-state index in [1.165, 1.54) is 0 Å². The standard InChI is InChI=1S/C19H28N4O2S/c1-11(2)19-22-15(10-26-19)13(5)21-18(24)14-7-9-25-17(14)16-6-8-20-23(16)12(3)4/h6,8,10-14,17H,7,9H2,1-5H3,(H,21,24)/t13-,14+,17+/m1/s1. The van der Waals surface area contributed by atoms with Crippen LogP contribution in [0.15, 0.2) is 17.6 Å². The second kappa shape index (κ2) is 7.88. The molecule has 1 fully saturated rings. The fourth-order valence-electron chi connectivity index (χ4n) is 3.29. The second-order valence-electron chi connectivity index (χ2n) is 7.48. The molecule has 0 aromatic carbocycles. The number of carbonyl (C=O) groups is 1. The third-order valence-corrected chi connectivity index (χ3v) is 5.91. The van der Waals surface area contributed by atoms with Gasteiger partial charge >= 0.3 is 0 Å². The molecule has 1 saturated heterocycles. The number of rotatable bonds is 6. The van der Waals surface area contributed by atoms with Gasteiger partial charge in [0.2, 0.25) is 5.91 Å². The Balaban J connectivity index is 1.71. The first-order valence-corrected chi connectivity index (χ1v) is 10.2. The zero-order chi connectivity index (χ0) is 18.8. The summed E-state index contributed by atoms with van der Waals surface area (Å²) in [5, 5.41) is 10.6. The Labute approximate surface area is 159 Å². The molecule has 0 aliphatic carbocycles. The molecule has 2 aromatic heterocycles. The fourth-order valence-corrected chi connectivity index (χ4v) is 4.22. The number of ether oxygens (including phenoxy) is 1. The maximum absolute atomic E-state index is 12.9. The van der Waals surface area contributed by atoms with Crippen LogP contribution >= 0.6 is 11.3 Å². The number of carbonyl (C=O) groups excluding carboxylic acids is 1. The van der Waals surface area contributed by atoms with E-state index in [0.717, 1.165) is 22.8 Å². The zero-order valence-electron chi connectivity index (χ0n) is 16.1. The molecular formula is C19H28N4O2S. The van der Waals surface area contributed by atoms with Crippen LogP contribution in [0.3, 0.4) is 0 Å². The van der Waals surface area contributed by atoms with Crippen LogP contribution in [0.4, 0.5) is 0 Å². The summed E-state index contributed by atoms with van der Waals surface area (Å²) in [6.45, 7) is 11.0. The predicted molar refractivity (Wildman–Crippen MR) is 102 cm³/mol. The monoisotopic (exact) mass is 376 g/mol. The molecule has 1 amide bonds. The number of aromatic nitrogens is 3. The molecule has 142 valence electrons. The number of hydrogen-bond donors (Lipinski definition) is 1. The topological polar surface area (TPSA) is 69.0 Å². The van der Waals surface area contributed by atoms with Gasteiger partial charge in [-0.2, -0.15) is 5.10 Å². The zero-order valence-corrected chi connectivity index (χ0v) is 16.9. The number of nitrogens with one attached hydrogen (secondary N) is 1. The van der Waals surface area contributed by atoms with Gasteiger partial charge < -0.3 is 10.1 Å². The van der Waals surface area contributed by atoms with Crippen LogP contribution in [0.25, 0.3) is 0 Å². The molecule has 0 radical (unpaired) electrons. The van der Waals surface area contributed by atoms with Crippen molar-refractivity contribution in [3.05, 3.63) is 34.0 Å². The average Bonchev–Trinajstić information content (AvgIpc) is 3.32. The van der Waals surface area contributed by atoms with Gasteiger partial charge in [0.1, 0.15) is 6.10 Å². The third kappa shape index (κ3) is 3.83. The van der Waals surface area contributed by atoms with E-state index < -0.39 is 0 Å². The van der Waals surface area contributed by atoms with E-state index in [1.807, 2.05) is 23.1 Å². The van der Waals surface area contributed by atoms with Crippen LogP contribution in [0, 0.1) is 5.92 Å². The molecule has 0 bridgehead atoms. The van der Waals surface area contributed by atoms with Gasteiger partial charge in [-0.15, -0.1) is 11.3 Å². The molecule has 0 saturated carbocycles. The van der Waals surface area contributed by atoms with Crippen molar-refractivity contribution in [2.24, 2.45) is 5.92 Å². The molecule has 1 aliphatic heterocycles. The summed E-state index contributed by atoms with van der Waals surface area (Å²) in [7, 11) is 0. The maximum atomic E-state index is 12.9. The maximum Gasteiger partial charge on any atom is 0.226 e. The third-order valence-electron chi connectivity index (χ3n) is 4.75. The Morgan fingerprint density at radius 1 is 1.35 bits per heavy atom. The fraction of sp³-hybridized carbons (Fsp3) is 0.632. The average molecular weight is 377 g/mol. The highest BCUT2D eigenvalue weighted by atomic mass is 32.1. The van der Waals surface area contributed by atoms with Crippen LogP contribution in [0.5, 0.6) is 0 Å². The smallest absolute Gasteiger partial charge is 0.226 e. The Bertz CT molecular complexity index is 752. The lowest BCUT2D eigenvalue weighted by molar-refractivity contribution is -0.127. The minimum absolute atomic E-state index is 0.0237. The molecule has 2 aromatic rings. The summed E-state index contributed by atoms with van der Waals surface area (Å²) < 4.78 is 7.85. The lowest BCUT2D eigenvalue weighted by atomic mass is 9.97. The van der Waals surface area contributed by atoms with Crippen LogP contribution in [0.2, 0.25) is 0 Å². The highest BCUT2D eigenvalue weighted by Crippen LogP contribution is 2.36. The summed E-state index contributed by atoms with van der Waals surface area (Å²) in [5.41, 5.74) is 1.90. The van der Waals surface area contributed by atoms with Crippen molar-refractivity contribution in [2.75, 3.05) is 6.61 Å². The van der Waals surface area contributed by atoms with E-state index >= 15 is 0 Å². The lowest BCUT2D eigenvalue weighted by Crippen LogP contribution is -2.35. The summed E-state index contributed by atoms with van der Waals surface area (Å²) in [6, 6.07) is 2.08. The highest BCUT2D eigenvalue weighted by Gasteiger charge is 2.38. The number of thiazole rings is 1. The molecule has 6 nitrogen and oxygen atoms in total. The SMILES string of the molecule is CC(C)c1nc([C@@H](C)NC(=O)[C@H]2CCO[C@@H]2c2ccnn2C(C)C)cs1. The van der Waals surface area contributed by atoms with E-state index in [9.17, 15) is 4.79 Å². The van der Waals surface area contributed by atoms with Gasteiger partial charge in [0.15, 0.2) is 0 Å². The second-order valence-corrected chi connectivity index (χ2v) is 8.37. The highest BCUT2D eigenvalue weighted by molar-refractivity contribution is 7.09. The number of hydrogen-bond acceptors (Lipinski definition) is 5. The summed E-state index contributed by atoms with van der Waals surface area (Å²) in [5.74, 6) is 0.228. The van der Waals surface area contributed by atoms with Crippen molar-refractivity contribution >= 4 is 17.2 Å². The van der Waals surface area contributed by atoms with E-state index in [4.69, 9.17) is 4.74 Å². The van der Waals surface area contributed by atoms with Crippen LogP contribution in [-0.2, 0) is 9.53 Å². The van der Waals surface area contributed by atoms with E-state index in [-0.39, 0.29) is 30.0 Å². The Morgan fingerprint density at radius 3 is 2.77 bits per heavy atom. The number of nitrogens with zero attached hydrogens (tertiary/aromatic N) is 3. The van der Waals surface area contributed by atoms with E-state index in [1.54, 1.807) is 17.5 Å². The molecule has 1 N–H and O–H groups in total. The van der Waals surface area contributed by atoms with Crippen LogP contribution in [0.1, 0.15) is 81.5 Å². The molecule has 0 unspecified atom stereocenters. The molecule has 1 aliphatic rings. The van der Waals surface area contributed by atoms with Crippen molar-refractivity contribution in [3.63, 3.8) is 0 Å². The molecule has 3 heterocycles. The van der Waals surface area contributed by atoms with Crippen LogP contribution < -0.4 is 5.32 Å². The summed E-state index contributed by atoms with van der Waals surface area (Å²) in [4.78, 5) is 17.6. The van der Waals surface area contributed by atoms with Crippen molar-refractivity contribution < 1.29 is 9.53 Å². The van der Waals surface area contributed by atoms with Gasteiger partial charge in [0.25, 0.3) is 0 Å². The van der Waals surface area contributed by atoms with Gasteiger partial charge in [-0.05, 0) is 33.3 Å². The minimum Gasteiger partial charge on any atom is -0.371 e. The molecular weight excluding hydrogens is 348 g/mol. The van der Waals surface area contributed by atoms with Crippen molar-refractivity contribution in [1.82, 2.24) is 20.1 Å². The predicted octanol–water partition coefficient (Wildman–Crippen LogP) is 4.00. The number of amides is 1. The molecule has 3 rings (SSSR count). The normalized spacial score (nSPS) is 21.5. The molecule has 0 spiro atoms. The van der Waals surface area contributed by atoms with Gasteiger partial charge in [-0.25, -0.2) is 4.98 Å². The van der Waals surface area contributed by atoms with E-state index in [2.05, 4.69) is 43.1 Å². The quantitative estimate of drug-likeness (QED) is 0.827.